The zero-order chi connectivity index (χ0) is 10.6. The average Bonchev–Trinajstić information content (AvgIpc) is 2.17. The number of nitrogens with two attached hydrogens (primary N) is 1. The second kappa shape index (κ2) is 5.27. The molecule has 0 fully saturated rings. The molecule has 1 rings (SSSR count). The first-order valence-corrected chi connectivity index (χ1v) is 5.74. The highest BCUT2D eigenvalue weighted by molar-refractivity contribution is 7.99. The van der Waals surface area contributed by atoms with Gasteiger partial charge >= 0.3 is 0 Å². The Morgan fingerprint density at radius 1 is 1.50 bits per heavy atom. The number of ether oxygens (including phenoxy) is 1. The van der Waals surface area contributed by atoms with Gasteiger partial charge in [0.05, 0.1) is 7.11 Å². The molecule has 0 aromatic heterocycles. The summed E-state index contributed by atoms with van der Waals surface area (Å²) in [7, 11) is 1.68. The number of methoxy groups -OCH3 is 1. The first-order chi connectivity index (χ1) is 6.70. The van der Waals surface area contributed by atoms with Crippen molar-refractivity contribution in [1.82, 2.24) is 0 Å². The minimum atomic E-state index is 0.0141. The molecule has 1 aromatic carbocycles. The third kappa shape index (κ3) is 2.42. The van der Waals surface area contributed by atoms with Gasteiger partial charge in [-0.1, -0.05) is 13.0 Å². The van der Waals surface area contributed by atoms with Crippen LogP contribution in [0.2, 0.25) is 0 Å². The second-order valence-corrected chi connectivity index (χ2v) is 4.40. The molecule has 2 N–H and O–H groups in total. The van der Waals surface area contributed by atoms with E-state index in [1.54, 1.807) is 18.9 Å². The fraction of sp³-hybridized carbons (Fsp3) is 0.455. The Kier molecular flexibility index (Phi) is 4.29. The van der Waals surface area contributed by atoms with E-state index in [-0.39, 0.29) is 6.04 Å². The van der Waals surface area contributed by atoms with Crippen molar-refractivity contribution in [2.75, 3.05) is 12.9 Å². The lowest BCUT2D eigenvalue weighted by atomic mass is 10.1. The monoisotopic (exact) mass is 211 g/mol. The summed E-state index contributed by atoms with van der Waals surface area (Å²) in [5, 5.41) is 0. The lowest BCUT2D eigenvalue weighted by Crippen LogP contribution is -2.08. The van der Waals surface area contributed by atoms with Crippen LogP contribution in [0.1, 0.15) is 25.5 Å². The van der Waals surface area contributed by atoms with Gasteiger partial charge in [0, 0.05) is 16.5 Å². The Morgan fingerprint density at radius 3 is 2.71 bits per heavy atom. The van der Waals surface area contributed by atoms with Crippen LogP contribution in [0.5, 0.6) is 5.75 Å². The van der Waals surface area contributed by atoms with Crippen molar-refractivity contribution in [1.29, 1.82) is 0 Å². The maximum Gasteiger partial charge on any atom is 0.124 e. The summed E-state index contributed by atoms with van der Waals surface area (Å²) in [6.07, 6.45) is 0. The van der Waals surface area contributed by atoms with Gasteiger partial charge in [0.25, 0.3) is 0 Å². The molecular formula is C11H17NOS. The minimum Gasteiger partial charge on any atom is -0.496 e. The molecule has 78 valence electrons. The van der Waals surface area contributed by atoms with Crippen LogP contribution in [0, 0.1) is 0 Å². The van der Waals surface area contributed by atoms with Crippen LogP contribution >= 0.6 is 11.8 Å². The van der Waals surface area contributed by atoms with Crippen LogP contribution < -0.4 is 10.5 Å². The molecule has 0 spiro atoms. The Hall–Kier alpha value is -0.670. The molecule has 3 heteroatoms. The third-order valence-corrected chi connectivity index (χ3v) is 2.96. The van der Waals surface area contributed by atoms with Gasteiger partial charge in [-0.2, -0.15) is 0 Å². The standard InChI is InChI=1S/C11H17NOS/c1-4-14-10-7-5-6-9(13-3)11(10)8(2)12/h5-8H,4,12H2,1-3H3/t8-/m1/s1. The maximum atomic E-state index is 5.93. The number of hydrogen-bond acceptors (Lipinski definition) is 3. The van der Waals surface area contributed by atoms with Crippen LogP contribution in [0.15, 0.2) is 23.1 Å². The van der Waals surface area contributed by atoms with Crippen molar-refractivity contribution in [2.24, 2.45) is 5.73 Å². The van der Waals surface area contributed by atoms with Gasteiger partial charge in [-0.25, -0.2) is 0 Å². The smallest absolute Gasteiger partial charge is 0.124 e. The number of benzene rings is 1. The molecule has 0 aliphatic carbocycles. The van der Waals surface area contributed by atoms with E-state index in [1.165, 1.54) is 4.90 Å². The summed E-state index contributed by atoms with van der Waals surface area (Å²) in [4.78, 5) is 1.22. The second-order valence-electron chi connectivity index (χ2n) is 3.09. The molecule has 0 saturated heterocycles. The highest BCUT2D eigenvalue weighted by Crippen LogP contribution is 2.33. The molecule has 0 aliphatic heterocycles. The zero-order valence-corrected chi connectivity index (χ0v) is 9.73. The van der Waals surface area contributed by atoms with E-state index in [2.05, 4.69) is 13.0 Å². The summed E-state index contributed by atoms with van der Waals surface area (Å²) in [5.41, 5.74) is 7.04. The van der Waals surface area contributed by atoms with E-state index in [0.717, 1.165) is 17.1 Å². The van der Waals surface area contributed by atoms with Crippen LogP contribution in [0.25, 0.3) is 0 Å². The van der Waals surface area contributed by atoms with E-state index in [4.69, 9.17) is 10.5 Å². The van der Waals surface area contributed by atoms with Gasteiger partial charge in [0.15, 0.2) is 0 Å². The van der Waals surface area contributed by atoms with Crippen molar-refractivity contribution in [3.05, 3.63) is 23.8 Å². The van der Waals surface area contributed by atoms with Crippen molar-refractivity contribution in [3.8, 4) is 5.75 Å². The normalized spacial score (nSPS) is 12.6. The summed E-state index contributed by atoms with van der Waals surface area (Å²) in [6.45, 7) is 4.12. The summed E-state index contributed by atoms with van der Waals surface area (Å²) < 4.78 is 5.30. The SMILES string of the molecule is CCSc1cccc(OC)c1[C@@H](C)N. The van der Waals surface area contributed by atoms with Crippen LogP contribution in [-0.2, 0) is 0 Å². The minimum absolute atomic E-state index is 0.0141. The molecular weight excluding hydrogens is 194 g/mol. The van der Waals surface area contributed by atoms with Crippen molar-refractivity contribution < 1.29 is 4.74 Å². The summed E-state index contributed by atoms with van der Waals surface area (Å²) in [5.74, 6) is 1.94. The van der Waals surface area contributed by atoms with E-state index in [0.29, 0.717) is 0 Å². The topological polar surface area (TPSA) is 35.2 Å². The molecule has 0 radical (unpaired) electrons. The molecule has 14 heavy (non-hydrogen) atoms. The molecule has 1 atom stereocenters. The highest BCUT2D eigenvalue weighted by atomic mass is 32.2. The highest BCUT2D eigenvalue weighted by Gasteiger charge is 2.12. The van der Waals surface area contributed by atoms with Crippen LogP contribution in [0.4, 0.5) is 0 Å². The molecule has 0 bridgehead atoms. The Bertz CT molecular complexity index is 299. The maximum absolute atomic E-state index is 5.93. The van der Waals surface area contributed by atoms with Gasteiger partial charge in [0.2, 0.25) is 0 Å². The Labute approximate surface area is 89.8 Å². The average molecular weight is 211 g/mol. The molecule has 2 nitrogen and oxygen atoms in total. The lowest BCUT2D eigenvalue weighted by molar-refractivity contribution is 0.405. The molecule has 0 unspecified atom stereocenters. The van der Waals surface area contributed by atoms with Gasteiger partial charge in [0.1, 0.15) is 5.75 Å². The fourth-order valence-electron chi connectivity index (χ4n) is 1.43. The molecule has 0 saturated carbocycles. The predicted molar refractivity (Wildman–Crippen MR) is 62.0 cm³/mol. The van der Waals surface area contributed by atoms with Crippen molar-refractivity contribution in [3.63, 3.8) is 0 Å². The van der Waals surface area contributed by atoms with E-state index in [1.807, 2.05) is 19.1 Å². The van der Waals surface area contributed by atoms with Gasteiger partial charge < -0.3 is 10.5 Å². The van der Waals surface area contributed by atoms with Gasteiger partial charge in [-0.05, 0) is 24.8 Å². The quantitative estimate of drug-likeness (QED) is 0.778. The first-order valence-electron chi connectivity index (χ1n) is 4.76. The number of hydrogen-bond donors (Lipinski definition) is 1. The zero-order valence-electron chi connectivity index (χ0n) is 8.91. The van der Waals surface area contributed by atoms with Crippen molar-refractivity contribution >= 4 is 11.8 Å². The summed E-state index contributed by atoms with van der Waals surface area (Å²) >= 11 is 1.80. The number of thioether (sulfide) groups is 1. The first kappa shape index (κ1) is 11.4. The molecule has 0 amide bonds. The summed E-state index contributed by atoms with van der Waals surface area (Å²) in [6, 6.07) is 6.07. The molecule has 0 aliphatic rings. The number of rotatable bonds is 4. The van der Waals surface area contributed by atoms with E-state index >= 15 is 0 Å². The Balaban J connectivity index is 3.14. The van der Waals surface area contributed by atoms with Crippen molar-refractivity contribution in [2.45, 2.75) is 24.8 Å². The molecule has 0 heterocycles. The predicted octanol–water partition coefficient (Wildman–Crippen LogP) is 2.83. The Morgan fingerprint density at radius 2 is 2.21 bits per heavy atom. The van der Waals surface area contributed by atoms with Crippen LogP contribution in [-0.4, -0.2) is 12.9 Å². The lowest BCUT2D eigenvalue weighted by Gasteiger charge is -2.15. The van der Waals surface area contributed by atoms with Crippen LogP contribution in [0.3, 0.4) is 0 Å². The van der Waals surface area contributed by atoms with E-state index in [9.17, 15) is 0 Å². The van der Waals surface area contributed by atoms with Gasteiger partial charge in [-0.15, -0.1) is 11.8 Å². The van der Waals surface area contributed by atoms with Gasteiger partial charge in [-0.3, -0.25) is 0 Å². The largest absolute Gasteiger partial charge is 0.496 e. The van der Waals surface area contributed by atoms with E-state index < -0.39 is 0 Å². The third-order valence-electron chi connectivity index (χ3n) is 2.00. The molecule has 1 aromatic rings. The fourth-order valence-corrected chi connectivity index (χ4v) is 2.36.